The van der Waals surface area contributed by atoms with Crippen molar-refractivity contribution in [3.05, 3.63) is 0 Å². The number of Topliss-reactive ketones (excluding diaryl/α,β-unsaturated/α-hetero) is 1. The molecule has 230 valence electrons. The van der Waals surface area contributed by atoms with Gasteiger partial charge < -0.3 is 45.6 Å². The van der Waals surface area contributed by atoms with E-state index in [2.05, 4.69) is 34.1 Å². The van der Waals surface area contributed by atoms with Crippen LogP contribution in [0.15, 0.2) is 0 Å². The van der Waals surface area contributed by atoms with Crippen molar-refractivity contribution in [3.63, 3.8) is 0 Å². The molecule has 2 fully saturated rings. The fourth-order valence-electron chi connectivity index (χ4n) is 3.28. The third kappa shape index (κ3) is 6.72. The monoisotopic (exact) mass is 602 g/mol. The molecule has 0 radical (unpaired) electrons. The summed E-state index contributed by atoms with van der Waals surface area (Å²) in [6, 6.07) is 0. The Bertz CT molecular complexity index is 1100. The largest absolute Gasteiger partial charge is 0.421 e. The lowest BCUT2D eigenvalue weighted by atomic mass is 9.80. The normalized spacial score (nSPS) is 36.8. The van der Waals surface area contributed by atoms with Crippen molar-refractivity contribution in [2.24, 2.45) is 0 Å². The van der Waals surface area contributed by atoms with Crippen LogP contribution in [0.25, 0.3) is 0 Å². The fourth-order valence-corrected chi connectivity index (χ4v) is 3.28. The van der Waals surface area contributed by atoms with Gasteiger partial charge in [-0.05, 0) is 0 Å². The van der Waals surface area contributed by atoms with Crippen LogP contribution in [0, 0.1) is 0 Å². The Balaban J connectivity index is 2.37. The van der Waals surface area contributed by atoms with E-state index in [1.54, 1.807) is 0 Å². The number of hydrogen-bond donors (Lipinski definition) is 8. The number of aliphatic hydroxyl groups is 8. The number of rotatable bonds is 5. The molecule has 2 heterocycles. The Hall–Kier alpha value is -3.87. The van der Waals surface area contributed by atoms with Crippen molar-refractivity contribution in [1.82, 2.24) is 0 Å². The molecular weight excluding hydrogens is 580 g/mol. The second-order valence-electron chi connectivity index (χ2n) is 8.56. The van der Waals surface area contributed by atoms with Crippen molar-refractivity contribution in [1.29, 1.82) is 0 Å². The van der Waals surface area contributed by atoms with E-state index in [4.69, 9.17) is 0 Å². The first-order valence-corrected chi connectivity index (χ1v) is 10.8. The highest BCUT2D eigenvalue weighted by Crippen LogP contribution is 2.36. The van der Waals surface area contributed by atoms with Crippen LogP contribution in [0.5, 0.6) is 0 Å². The van der Waals surface area contributed by atoms with Crippen LogP contribution in [0.4, 0.5) is 0 Å². The first kappa shape index (κ1) is 33.3. The second-order valence-corrected chi connectivity index (χ2v) is 8.56. The summed E-state index contributed by atoms with van der Waals surface area (Å²) in [5, 5.41) is 81.3. The zero-order chi connectivity index (χ0) is 31.5. The van der Waals surface area contributed by atoms with Gasteiger partial charge in [0.2, 0.25) is 17.2 Å². The maximum atomic E-state index is 12.7. The van der Waals surface area contributed by atoms with Gasteiger partial charge >= 0.3 is 35.8 Å². The van der Waals surface area contributed by atoms with Crippen molar-refractivity contribution in [2.75, 3.05) is 6.61 Å². The molecule has 0 aromatic carbocycles. The minimum Gasteiger partial charge on any atom is -0.391 e. The van der Waals surface area contributed by atoms with Gasteiger partial charge in [0.25, 0.3) is 0 Å². The van der Waals surface area contributed by atoms with Gasteiger partial charge in [0, 0.05) is 6.92 Å². The zero-order valence-corrected chi connectivity index (χ0v) is 20.3. The van der Waals surface area contributed by atoms with Gasteiger partial charge in [0.15, 0.2) is 11.7 Å². The van der Waals surface area contributed by atoms with Gasteiger partial charge in [-0.15, -0.1) is 0 Å². The van der Waals surface area contributed by atoms with Crippen molar-refractivity contribution >= 4 is 41.6 Å². The van der Waals surface area contributed by atoms with E-state index in [0.717, 1.165) is 0 Å². The topological polar surface area (TPSA) is 346 Å². The maximum absolute atomic E-state index is 12.7. The quantitative estimate of drug-likeness (QED) is 0.0822. The van der Waals surface area contributed by atoms with Crippen molar-refractivity contribution < 1.29 is 108 Å². The Kier molecular flexibility index (Phi) is 10.0. The minimum atomic E-state index is -4.06. The summed E-state index contributed by atoms with van der Waals surface area (Å²) >= 11 is 0. The molecule has 41 heavy (non-hydrogen) atoms. The van der Waals surface area contributed by atoms with Gasteiger partial charge in [-0.3, -0.25) is 4.79 Å². The standard InChI is InChI=1S/C19H22O22/c1-5(21)13(28)38-36-6(22)2-17(32)3-7(23)37-41-16(31)19(34,11(27)14(29)39-40-15(17)30)12-9(25)8(24)10(26)18(33,4-20)35-12/h8-12,20,24-27,32-34H,2-4H2,1H3/t8-,9+,10+,11?,12?,17?,18+,19?/m1/s1. The molecule has 0 aliphatic carbocycles. The number of hydrogen-bond acceptors (Lipinski definition) is 22. The molecule has 8 atom stereocenters. The van der Waals surface area contributed by atoms with Crippen LogP contribution < -0.4 is 0 Å². The first-order chi connectivity index (χ1) is 18.8. The average Bonchev–Trinajstić information content (AvgIpc) is 2.92. The lowest BCUT2D eigenvalue weighted by Gasteiger charge is -2.49. The van der Waals surface area contributed by atoms with Crippen molar-refractivity contribution in [3.8, 4) is 0 Å². The molecule has 22 nitrogen and oxygen atoms in total. The highest BCUT2D eigenvalue weighted by Gasteiger charge is 2.66. The number of ether oxygens (including phenoxy) is 1. The maximum Gasteiger partial charge on any atom is 0.421 e. The zero-order valence-electron chi connectivity index (χ0n) is 20.3. The molecule has 2 aliphatic rings. The number of carbonyl (C=O) groups excluding carboxylic acids is 7. The number of aliphatic hydroxyl groups excluding tert-OH is 5. The highest BCUT2D eigenvalue weighted by atomic mass is 17.2. The molecule has 2 rings (SSSR count). The molecule has 0 aromatic rings. The van der Waals surface area contributed by atoms with Crippen LogP contribution >= 0.6 is 0 Å². The van der Waals surface area contributed by atoms with E-state index in [9.17, 15) is 74.4 Å². The number of carbonyl (C=O) groups is 7. The van der Waals surface area contributed by atoms with Gasteiger partial charge in [0.05, 0.1) is 19.4 Å². The van der Waals surface area contributed by atoms with Crippen LogP contribution in [0.3, 0.4) is 0 Å². The molecule has 0 saturated carbocycles. The summed E-state index contributed by atoms with van der Waals surface area (Å²) in [5.74, 6) is -16.9. The molecule has 4 unspecified atom stereocenters. The molecule has 2 saturated heterocycles. The number of ketones is 1. The molecule has 8 N–H and O–H groups in total. The fraction of sp³-hybridized carbons (Fsp3) is 0.632. The lowest BCUT2D eigenvalue weighted by Crippen LogP contribution is -2.75. The van der Waals surface area contributed by atoms with Crippen molar-refractivity contribution in [2.45, 2.75) is 67.3 Å². The smallest absolute Gasteiger partial charge is 0.391 e. The van der Waals surface area contributed by atoms with Crippen LogP contribution in [0.2, 0.25) is 0 Å². The van der Waals surface area contributed by atoms with Crippen LogP contribution in [0.1, 0.15) is 19.8 Å². The Labute approximate surface area is 224 Å². The Morgan fingerprint density at radius 2 is 1.46 bits per heavy atom. The van der Waals surface area contributed by atoms with Crippen LogP contribution in [-0.4, -0.2) is 137 Å². The predicted molar refractivity (Wildman–Crippen MR) is 107 cm³/mol. The summed E-state index contributed by atoms with van der Waals surface area (Å²) in [6.07, 6.45) is -17.4. The average molecular weight is 602 g/mol. The Morgan fingerprint density at radius 1 is 0.878 bits per heavy atom. The third-order valence-corrected chi connectivity index (χ3v) is 5.57. The lowest BCUT2D eigenvalue weighted by molar-refractivity contribution is -0.382. The SMILES string of the molecule is CC(=O)C(=O)OOC(=O)CC1(O)CC(=O)OOC(=O)C(O)(C2O[C@@](O)(CO)[C@@H](O)[C@H](O)[C@@H]2O)C(O)C(=O)OOC1=O. The summed E-state index contributed by atoms with van der Waals surface area (Å²) < 4.78 is 4.68. The molecule has 0 aromatic heterocycles. The highest BCUT2D eigenvalue weighted by molar-refractivity contribution is 6.32. The molecule has 2 aliphatic heterocycles. The van der Waals surface area contributed by atoms with E-state index >= 15 is 0 Å². The summed E-state index contributed by atoms with van der Waals surface area (Å²) in [7, 11) is 0. The summed E-state index contributed by atoms with van der Waals surface area (Å²) in [4.78, 5) is 107. The van der Waals surface area contributed by atoms with E-state index in [0.29, 0.717) is 6.92 Å². The Morgan fingerprint density at radius 3 is 2.02 bits per heavy atom. The second kappa shape index (κ2) is 12.3. The van der Waals surface area contributed by atoms with E-state index in [-0.39, 0.29) is 0 Å². The first-order valence-electron chi connectivity index (χ1n) is 10.8. The molecule has 22 heteroatoms. The minimum absolute atomic E-state index is 0.717. The molecule has 0 bridgehead atoms. The van der Waals surface area contributed by atoms with Gasteiger partial charge in [-0.1, -0.05) is 0 Å². The molecular formula is C19H22O22. The van der Waals surface area contributed by atoms with E-state index < -0.39 is 109 Å². The van der Waals surface area contributed by atoms with Gasteiger partial charge in [0.1, 0.15) is 24.4 Å². The van der Waals surface area contributed by atoms with Gasteiger partial charge in [-0.25, -0.2) is 58.1 Å². The molecule has 0 spiro atoms. The summed E-state index contributed by atoms with van der Waals surface area (Å²) in [6.45, 7) is -0.865. The predicted octanol–water partition coefficient (Wildman–Crippen LogP) is -7.64. The molecule has 0 amide bonds. The van der Waals surface area contributed by atoms with E-state index in [1.807, 2.05) is 0 Å². The van der Waals surface area contributed by atoms with E-state index in [1.165, 1.54) is 0 Å². The van der Waals surface area contributed by atoms with Crippen LogP contribution in [-0.2, 0) is 67.6 Å². The van der Waals surface area contributed by atoms with Gasteiger partial charge in [-0.2, -0.15) is 0 Å². The third-order valence-electron chi connectivity index (χ3n) is 5.57. The summed E-state index contributed by atoms with van der Waals surface area (Å²) in [5.41, 5.74) is -7.47.